The van der Waals surface area contributed by atoms with Gasteiger partial charge in [-0.2, -0.15) is 0 Å². The van der Waals surface area contributed by atoms with Gasteiger partial charge in [0.1, 0.15) is 18.8 Å². The molecule has 0 N–H and O–H groups in total. The Morgan fingerprint density at radius 3 is 1.79 bits per heavy atom. The number of hydrogen-bond donors (Lipinski definition) is 0. The van der Waals surface area contributed by atoms with Gasteiger partial charge in [-0.05, 0) is 29.8 Å². The third-order valence-electron chi connectivity index (χ3n) is 4.46. The first-order valence-electron chi connectivity index (χ1n) is 8.73. The Labute approximate surface area is 184 Å². The third-order valence-corrected chi connectivity index (χ3v) is 7.18. The Bertz CT molecular complexity index is 807. The van der Waals surface area contributed by atoms with Crippen molar-refractivity contribution in [2.75, 3.05) is 12.8 Å². The monoisotopic (exact) mass is 502 g/mol. The number of nitrogens with zero attached hydrogens (tertiary/aromatic N) is 1. The quantitative estimate of drug-likeness (QED) is 0.268. The minimum Gasteiger partial charge on any atom is -0.476 e. The molecule has 1 heterocycles. The van der Waals surface area contributed by atoms with E-state index < -0.39 is 7.92 Å². The van der Waals surface area contributed by atoms with Crippen LogP contribution < -0.4 is 10.6 Å². The second kappa shape index (κ2) is 12.2. The number of hydrogen-bond acceptors (Lipinski definition) is 2. The van der Waals surface area contributed by atoms with Crippen LogP contribution in [0.3, 0.4) is 0 Å². The van der Waals surface area contributed by atoms with Crippen molar-refractivity contribution in [3.05, 3.63) is 104 Å². The molecule has 1 unspecified atom stereocenters. The van der Waals surface area contributed by atoms with Crippen LogP contribution >= 0.6 is 17.5 Å². The van der Waals surface area contributed by atoms with Gasteiger partial charge >= 0.3 is 27.7 Å². The minimum atomic E-state index is -0.943. The zero-order valence-corrected chi connectivity index (χ0v) is 19.0. The first kappa shape index (κ1) is 22.8. The summed E-state index contributed by atoms with van der Waals surface area (Å²) in [4.78, 5) is 4.87. The molecule has 0 bridgehead atoms. The summed E-state index contributed by atoms with van der Waals surface area (Å²) in [5.41, 5.74) is 1.23. The Hall–Kier alpha value is -1.49. The molecule has 5 heteroatoms. The first-order valence-corrected chi connectivity index (χ1v) is 12.4. The molecule has 3 aromatic carbocycles. The summed E-state index contributed by atoms with van der Waals surface area (Å²) in [6, 6.07) is 32.1. The molecule has 0 saturated heterocycles. The smallest absolute Gasteiger partial charge is 0.223 e. The van der Waals surface area contributed by atoms with E-state index in [0.717, 1.165) is 12.1 Å². The molecule has 0 spiro atoms. The SMILES string of the molecule is [CH3-].[Cl][Pd+].c1ccc(C2COC(C[PH+](c3ccccc3)c3ccccc3)=N2)cc1. The van der Waals surface area contributed by atoms with E-state index in [1.807, 2.05) is 6.07 Å². The number of aliphatic imine (C=N–C) groups is 1. The molecule has 1 aliphatic heterocycles. The summed E-state index contributed by atoms with van der Waals surface area (Å²) in [5.74, 6) is 0.899. The number of rotatable bonds is 5. The predicted octanol–water partition coefficient (Wildman–Crippen LogP) is 5.16. The fourth-order valence-electron chi connectivity index (χ4n) is 3.17. The van der Waals surface area contributed by atoms with Gasteiger partial charge in [-0.15, -0.1) is 0 Å². The van der Waals surface area contributed by atoms with Crippen molar-refractivity contribution >= 4 is 34.0 Å². The van der Waals surface area contributed by atoms with Gasteiger partial charge in [-0.1, -0.05) is 66.7 Å². The van der Waals surface area contributed by atoms with Gasteiger partial charge in [0.25, 0.3) is 0 Å². The van der Waals surface area contributed by atoms with Crippen LogP contribution in [0.2, 0.25) is 0 Å². The van der Waals surface area contributed by atoms with E-state index in [2.05, 4.69) is 113 Å². The Morgan fingerprint density at radius 2 is 1.29 bits per heavy atom. The Morgan fingerprint density at radius 1 is 0.821 bits per heavy atom. The van der Waals surface area contributed by atoms with Crippen molar-refractivity contribution in [3.63, 3.8) is 0 Å². The second-order valence-corrected chi connectivity index (χ2v) is 8.61. The predicted molar refractivity (Wildman–Crippen MR) is 120 cm³/mol. The van der Waals surface area contributed by atoms with Gasteiger partial charge in [-0.25, -0.2) is 4.99 Å². The van der Waals surface area contributed by atoms with Crippen LogP contribution in [-0.2, 0) is 22.9 Å². The standard InChI is InChI=1S/C22H20NOP.CH3.ClH.Pd/c1-4-10-18(11-5-1)21-16-24-22(23-21)17-25(19-12-6-2-7-13-19)20-14-8-3-9-15-20;;;/h1-15,21H,16-17H2;1H3;1H;/q;-1;;+2. The average Bonchev–Trinajstić information content (AvgIpc) is 3.24. The van der Waals surface area contributed by atoms with Gasteiger partial charge < -0.3 is 12.2 Å². The van der Waals surface area contributed by atoms with Crippen LogP contribution in [0, 0.1) is 7.43 Å². The maximum Gasteiger partial charge on any atom is 0.223 e. The fraction of sp³-hybridized carbons (Fsp3) is 0.130. The third kappa shape index (κ3) is 6.00. The zero-order chi connectivity index (χ0) is 18.9. The largest absolute Gasteiger partial charge is 0.476 e. The molecule has 1 atom stereocenters. The molecular weight excluding hydrogens is 479 g/mol. The number of benzene rings is 3. The fourth-order valence-corrected chi connectivity index (χ4v) is 5.59. The molecule has 1 aliphatic rings. The van der Waals surface area contributed by atoms with Gasteiger partial charge in [0.15, 0.2) is 0 Å². The van der Waals surface area contributed by atoms with Gasteiger partial charge in [0, 0.05) is 0 Å². The molecule has 3 aromatic rings. The summed E-state index contributed by atoms with van der Waals surface area (Å²) >= 11 is 2.22. The topological polar surface area (TPSA) is 21.6 Å². The zero-order valence-electron chi connectivity index (χ0n) is 15.7. The molecule has 0 radical (unpaired) electrons. The molecule has 28 heavy (non-hydrogen) atoms. The van der Waals surface area contributed by atoms with Gasteiger partial charge in [0.05, 0.1) is 18.5 Å². The van der Waals surface area contributed by atoms with Crippen LogP contribution in [0.1, 0.15) is 11.6 Å². The van der Waals surface area contributed by atoms with Crippen molar-refractivity contribution in [3.8, 4) is 0 Å². The number of ether oxygens (including phenoxy) is 1. The van der Waals surface area contributed by atoms with Crippen LogP contribution in [0.5, 0.6) is 0 Å². The summed E-state index contributed by atoms with van der Waals surface area (Å²) in [6.07, 6.45) is 0.891. The summed E-state index contributed by atoms with van der Waals surface area (Å²) in [6.45, 7) is 0.651. The molecule has 0 amide bonds. The van der Waals surface area contributed by atoms with Crippen LogP contribution in [-0.4, -0.2) is 18.7 Å². The molecule has 148 valence electrons. The number of halogens is 1. The van der Waals surface area contributed by atoms with Crippen molar-refractivity contribution in [1.29, 1.82) is 0 Å². The van der Waals surface area contributed by atoms with Crippen LogP contribution in [0.4, 0.5) is 0 Å². The summed E-state index contributed by atoms with van der Waals surface area (Å²) in [7, 11) is 3.55. The van der Waals surface area contributed by atoms with E-state index in [9.17, 15) is 0 Å². The van der Waals surface area contributed by atoms with Crippen molar-refractivity contribution in [2.24, 2.45) is 4.99 Å². The minimum absolute atomic E-state index is 0. The first-order chi connectivity index (χ1) is 13.4. The molecular formula is C23H24ClNOPPd+. The normalized spacial score (nSPS) is 15.0. The van der Waals surface area contributed by atoms with E-state index >= 15 is 0 Å². The second-order valence-electron chi connectivity index (χ2n) is 6.15. The van der Waals surface area contributed by atoms with Gasteiger partial charge in [0.2, 0.25) is 5.90 Å². The Balaban J connectivity index is 0.000000906. The molecule has 0 fully saturated rings. The van der Waals surface area contributed by atoms with E-state index in [0.29, 0.717) is 6.61 Å². The molecule has 0 saturated carbocycles. The summed E-state index contributed by atoms with van der Waals surface area (Å²) in [5, 5.41) is 2.79. The maximum atomic E-state index is 5.97. The van der Waals surface area contributed by atoms with Crippen LogP contribution in [0.25, 0.3) is 0 Å². The van der Waals surface area contributed by atoms with Crippen molar-refractivity contribution in [2.45, 2.75) is 6.04 Å². The molecule has 0 aromatic heterocycles. The molecule has 4 rings (SSSR count). The van der Waals surface area contributed by atoms with E-state index in [1.165, 1.54) is 16.2 Å². The van der Waals surface area contributed by atoms with Gasteiger partial charge in [-0.3, -0.25) is 0 Å². The van der Waals surface area contributed by atoms with Crippen LogP contribution in [0.15, 0.2) is 96.0 Å². The maximum absolute atomic E-state index is 5.97. The van der Waals surface area contributed by atoms with Crippen molar-refractivity contribution < 1.29 is 22.9 Å². The van der Waals surface area contributed by atoms with Crippen molar-refractivity contribution in [1.82, 2.24) is 0 Å². The summed E-state index contributed by atoms with van der Waals surface area (Å²) < 4.78 is 5.97. The van der Waals surface area contributed by atoms with E-state index in [-0.39, 0.29) is 13.5 Å². The molecule has 2 nitrogen and oxygen atoms in total. The van der Waals surface area contributed by atoms with E-state index in [4.69, 9.17) is 9.73 Å². The Kier molecular flexibility index (Phi) is 9.90. The average molecular weight is 503 g/mol. The molecule has 0 aliphatic carbocycles. The van der Waals surface area contributed by atoms with E-state index in [1.54, 1.807) is 0 Å².